The summed E-state index contributed by atoms with van der Waals surface area (Å²) in [7, 11) is -4.06. The summed E-state index contributed by atoms with van der Waals surface area (Å²) >= 11 is 12.7. The van der Waals surface area contributed by atoms with Gasteiger partial charge in [0.15, 0.2) is 0 Å². The number of hydrogen-bond donors (Lipinski definition) is 1. The summed E-state index contributed by atoms with van der Waals surface area (Å²) in [6.45, 7) is 6.70. The smallest absolute Gasteiger partial charge is 0.271 e. The van der Waals surface area contributed by atoms with Crippen LogP contribution in [0.1, 0.15) is 38.3 Å². The molecule has 0 heterocycles. The number of benzene rings is 2. The van der Waals surface area contributed by atoms with Crippen molar-refractivity contribution in [2.24, 2.45) is 5.92 Å². The van der Waals surface area contributed by atoms with Crippen LogP contribution in [0.15, 0.2) is 36.4 Å². The van der Waals surface area contributed by atoms with Crippen molar-refractivity contribution in [3.63, 3.8) is 0 Å². The van der Waals surface area contributed by atoms with Crippen LogP contribution in [0.2, 0.25) is 10.0 Å². The second-order valence-electron chi connectivity index (χ2n) is 9.28. The minimum Gasteiger partial charge on any atom is -0.354 e. The summed E-state index contributed by atoms with van der Waals surface area (Å²) in [6, 6.07) is 7.64. The van der Waals surface area contributed by atoms with Crippen molar-refractivity contribution < 1.29 is 22.9 Å². The van der Waals surface area contributed by atoms with E-state index in [-0.39, 0.29) is 40.3 Å². The molecule has 208 valence electrons. The largest absolute Gasteiger partial charge is 0.354 e. The quantitative estimate of drug-likeness (QED) is 0.286. The Morgan fingerprint density at radius 1 is 1.13 bits per heavy atom. The zero-order valence-corrected chi connectivity index (χ0v) is 24.2. The van der Waals surface area contributed by atoms with Crippen LogP contribution >= 0.6 is 23.2 Å². The average molecular weight is 588 g/mol. The van der Waals surface area contributed by atoms with E-state index in [1.54, 1.807) is 32.0 Å². The summed E-state index contributed by atoms with van der Waals surface area (Å²) in [5, 5.41) is 14.7. The summed E-state index contributed by atoms with van der Waals surface area (Å²) in [6.07, 6.45) is 1.13. The van der Waals surface area contributed by atoms with E-state index in [1.807, 2.05) is 13.8 Å². The molecule has 0 aliphatic heterocycles. The van der Waals surface area contributed by atoms with Crippen molar-refractivity contribution in [2.45, 2.75) is 46.7 Å². The van der Waals surface area contributed by atoms with Gasteiger partial charge in [0.1, 0.15) is 12.6 Å². The Morgan fingerprint density at radius 2 is 1.74 bits per heavy atom. The first kappa shape index (κ1) is 31.3. The Labute approximate surface area is 233 Å². The van der Waals surface area contributed by atoms with Crippen molar-refractivity contribution in [3.8, 4) is 0 Å². The van der Waals surface area contributed by atoms with E-state index in [4.69, 9.17) is 23.2 Å². The lowest BCUT2D eigenvalue weighted by Crippen LogP contribution is -2.52. The molecule has 1 N–H and O–H groups in total. The van der Waals surface area contributed by atoms with E-state index in [2.05, 4.69) is 5.32 Å². The summed E-state index contributed by atoms with van der Waals surface area (Å²) < 4.78 is 26.4. The molecule has 2 aromatic rings. The van der Waals surface area contributed by atoms with Gasteiger partial charge in [0.25, 0.3) is 5.69 Å². The van der Waals surface area contributed by atoms with Gasteiger partial charge >= 0.3 is 0 Å². The van der Waals surface area contributed by atoms with Crippen LogP contribution in [-0.2, 0) is 26.2 Å². The van der Waals surface area contributed by atoms with Crippen LogP contribution in [0.25, 0.3) is 0 Å². The number of rotatable bonds is 12. The number of hydrogen-bond acceptors (Lipinski definition) is 6. The van der Waals surface area contributed by atoms with Crippen molar-refractivity contribution in [2.75, 3.05) is 23.7 Å². The van der Waals surface area contributed by atoms with Crippen LogP contribution < -0.4 is 9.62 Å². The van der Waals surface area contributed by atoms with Gasteiger partial charge < -0.3 is 10.2 Å². The summed E-state index contributed by atoms with van der Waals surface area (Å²) in [4.78, 5) is 38.9. The van der Waals surface area contributed by atoms with Gasteiger partial charge in [0.2, 0.25) is 21.8 Å². The Morgan fingerprint density at radius 3 is 2.24 bits per heavy atom. The molecule has 2 amide bonds. The monoisotopic (exact) mass is 586 g/mol. The molecule has 0 aromatic heterocycles. The second kappa shape index (κ2) is 13.3. The molecule has 1 atom stereocenters. The molecule has 13 heteroatoms. The first-order chi connectivity index (χ1) is 17.7. The zero-order valence-electron chi connectivity index (χ0n) is 21.9. The van der Waals surface area contributed by atoms with Crippen molar-refractivity contribution in [1.29, 1.82) is 0 Å². The molecular formula is C25H32Cl2N4O6S. The summed E-state index contributed by atoms with van der Waals surface area (Å²) in [5.74, 6) is -0.949. The van der Waals surface area contributed by atoms with E-state index < -0.39 is 39.3 Å². The third-order valence-corrected chi connectivity index (χ3v) is 7.65. The molecule has 38 heavy (non-hydrogen) atoms. The Kier molecular flexibility index (Phi) is 10.9. The molecule has 0 spiro atoms. The van der Waals surface area contributed by atoms with Crippen LogP contribution in [0, 0.1) is 23.0 Å². The fourth-order valence-electron chi connectivity index (χ4n) is 3.77. The maximum atomic E-state index is 13.8. The number of anilines is 1. The number of nitrogens with zero attached hydrogens (tertiary/aromatic N) is 3. The molecule has 10 nitrogen and oxygen atoms in total. The Bertz CT molecular complexity index is 1280. The second-order valence-corrected chi connectivity index (χ2v) is 12.0. The number of carbonyl (C=O) groups excluding carboxylic acids is 2. The predicted molar refractivity (Wildman–Crippen MR) is 149 cm³/mol. The highest BCUT2D eigenvalue weighted by Crippen LogP contribution is 2.30. The van der Waals surface area contributed by atoms with E-state index >= 15 is 0 Å². The van der Waals surface area contributed by atoms with Crippen molar-refractivity contribution in [1.82, 2.24) is 10.2 Å². The molecule has 0 saturated carbocycles. The SMILES string of the molecule is CC[C@@H](C(=O)NCC(C)C)N(Cc1c(Cl)cccc1Cl)C(=O)CN(c1cc([N+](=O)[O-])ccc1C)S(C)(=O)=O. The Balaban J connectivity index is 2.57. The minimum atomic E-state index is -4.06. The molecule has 0 fully saturated rings. The maximum absolute atomic E-state index is 13.8. The number of nitro groups is 1. The van der Waals surface area contributed by atoms with Crippen molar-refractivity contribution in [3.05, 3.63) is 67.7 Å². The number of nitro benzene ring substituents is 1. The van der Waals surface area contributed by atoms with Crippen LogP contribution in [0.5, 0.6) is 0 Å². The first-order valence-corrected chi connectivity index (χ1v) is 14.5. The fourth-order valence-corrected chi connectivity index (χ4v) is 5.19. The third-order valence-electron chi connectivity index (χ3n) is 5.81. The Hall–Kier alpha value is -2.89. The van der Waals surface area contributed by atoms with E-state index in [0.717, 1.165) is 16.6 Å². The minimum absolute atomic E-state index is 0.0110. The van der Waals surface area contributed by atoms with Crippen LogP contribution in [0.4, 0.5) is 11.4 Å². The molecule has 0 radical (unpaired) electrons. The number of halogens is 2. The van der Waals surface area contributed by atoms with Gasteiger partial charge in [-0.3, -0.25) is 24.0 Å². The number of non-ortho nitro benzene ring substituents is 1. The summed E-state index contributed by atoms with van der Waals surface area (Å²) in [5.41, 5.74) is 0.474. The van der Waals surface area contributed by atoms with Gasteiger partial charge in [-0.1, -0.05) is 56.1 Å². The normalized spacial score (nSPS) is 12.2. The van der Waals surface area contributed by atoms with Crippen LogP contribution in [-0.4, -0.2) is 55.4 Å². The van der Waals surface area contributed by atoms with Crippen LogP contribution in [0.3, 0.4) is 0 Å². The number of nitrogens with one attached hydrogen (secondary N) is 1. The van der Waals surface area contributed by atoms with E-state index in [9.17, 15) is 28.1 Å². The molecule has 0 unspecified atom stereocenters. The molecule has 0 aliphatic rings. The third kappa shape index (κ3) is 8.05. The molecular weight excluding hydrogens is 555 g/mol. The highest BCUT2D eigenvalue weighted by molar-refractivity contribution is 7.92. The van der Waals surface area contributed by atoms with Gasteiger partial charge in [-0.05, 0) is 37.0 Å². The highest BCUT2D eigenvalue weighted by atomic mass is 35.5. The fraction of sp³-hybridized carbons (Fsp3) is 0.440. The lowest BCUT2D eigenvalue weighted by atomic mass is 10.1. The molecule has 0 saturated heterocycles. The van der Waals surface area contributed by atoms with Gasteiger partial charge in [-0.15, -0.1) is 0 Å². The van der Waals surface area contributed by atoms with E-state index in [0.29, 0.717) is 17.7 Å². The number of amides is 2. The van der Waals surface area contributed by atoms with Gasteiger partial charge in [-0.2, -0.15) is 0 Å². The predicted octanol–water partition coefficient (Wildman–Crippen LogP) is 4.56. The standard InChI is InChI=1S/C25H32Cl2N4O6S/c1-6-22(25(33)28-13-16(2)3)29(14-19-20(26)8-7-9-21(19)27)24(32)15-30(38(5,36)37)23-12-18(31(34)35)11-10-17(23)4/h7-12,16,22H,6,13-15H2,1-5H3,(H,28,33)/t22-/m0/s1. The number of carbonyl (C=O) groups is 2. The molecule has 2 aromatic carbocycles. The highest BCUT2D eigenvalue weighted by Gasteiger charge is 2.33. The number of sulfonamides is 1. The first-order valence-electron chi connectivity index (χ1n) is 11.9. The lowest BCUT2D eigenvalue weighted by Gasteiger charge is -2.33. The molecule has 2 rings (SSSR count). The molecule has 0 aliphatic carbocycles. The average Bonchev–Trinajstić information content (AvgIpc) is 2.82. The molecule has 0 bridgehead atoms. The van der Waals surface area contributed by atoms with E-state index in [1.165, 1.54) is 17.0 Å². The van der Waals surface area contributed by atoms with Gasteiger partial charge in [0.05, 0.1) is 16.9 Å². The lowest BCUT2D eigenvalue weighted by molar-refractivity contribution is -0.384. The van der Waals surface area contributed by atoms with Gasteiger partial charge in [-0.25, -0.2) is 8.42 Å². The zero-order chi connectivity index (χ0) is 28.8. The topological polar surface area (TPSA) is 130 Å². The van der Waals surface area contributed by atoms with Gasteiger partial charge in [0, 0.05) is 40.8 Å². The number of aryl methyl sites for hydroxylation is 1. The van der Waals surface area contributed by atoms with Crippen molar-refractivity contribution >= 4 is 56.4 Å². The maximum Gasteiger partial charge on any atom is 0.271 e.